The Morgan fingerprint density at radius 1 is 0.891 bits per heavy atom. The molecule has 2 aromatic carbocycles. The third-order valence-electron chi connectivity index (χ3n) is 8.80. The lowest BCUT2D eigenvalue weighted by Gasteiger charge is -2.45. The molecular formula is C34H47N3O7PS+. The predicted molar refractivity (Wildman–Crippen MR) is 185 cm³/mol. The van der Waals surface area contributed by atoms with E-state index in [4.69, 9.17) is 18.9 Å². The Kier molecular flexibility index (Phi) is 12.7. The molecule has 0 aliphatic carbocycles. The lowest BCUT2D eigenvalue weighted by Crippen LogP contribution is -2.60. The second-order valence-corrected chi connectivity index (χ2v) is 14.5. The van der Waals surface area contributed by atoms with Crippen LogP contribution < -0.4 is 15.2 Å². The van der Waals surface area contributed by atoms with Gasteiger partial charge in [0.25, 0.3) is 0 Å². The molecule has 0 bridgehead atoms. The van der Waals surface area contributed by atoms with E-state index >= 15 is 0 Å². The van der Waals surface area contributed by atoms with E-state index < -0.39 is 7.82 Å². The summed E-state index contributed by atoms with van der Waals surface area (Å²) < 4.78 is 31.7. The fraction of sp³-hybridized carbons (Fsp3) is 0.500. The smallest absolute Gasteiger partial charge is 0.476 e. The second kappa shape index (κ2) is 16.9. The highest BCUT2D eigenvalue weighted by Crippen LogP contribution is 2.44. The monoisotopic (exact) mass is 672 g/mol. The van der Waals surface area contributed by atoms with Crippen LogP contribution in [0.1, 0.15) is 51.4 Å². The molecule has 1 aliphatic rings. The molecule has 1 aliphatic heterocycles. The van der Waals surface area contributed by atoms with Crippen LogP contribution >= 0.6 is 19.2 Å². The first kappa shape index (κ1) is 34.6. The van der Waals surface area contributed by atoms with Crippen molar-refractivity contribution in [2.45, 2.75) is 51.4 Å². The number of rotatable bonds is 19. The summed E-state index contributed by atoms with van der Waals surface area (Å²) >= 11 is 1.74. The molecule has 12 heteroatoms. The molecule has 1 unspecified atom stereocenters. The number of H-pyrrole nitrogens is 1. The number of hydrogen-bond acceptors (Lipinski definition) is 8. The highest BCUT2D eigenvalue weighted by molar-refractivity contribution is 7.47. The number of quaternary nitrogens is 1. The Balaban J connectivity index is 1.14. The molecule has 10 nitrogen and oxygen atoms in total. The maximum Gasteiger partial charge on any atom is 0.476 e. The predicted octanol–water partition coefficient (Wildman–Crippen LogP) is 6.66. The Morgan fingerprint density at radius 2 is 1.65 bits per heavy atom. The van der Waals surface area contributed by atoms with Gasteiger partial charge in [0, 0.05) is 34.5 Å². The zero-order chi connectivity index (χ0) is 32.2. The molecule has 1 saturated heterocycles. The molecular weight excluding hydrogens is 625 g/mol. The molecule has 5 rings (SSSR count). The van der Waals surface area contributed by atoms with Gasteiger partial charge < -0.3 is 24.6 Å². The number of nitrogens with zero attached hydrogens (tertiary/aromatic N) is 2. The first-order chi connectivity index (χ1) is 22.4. The summed E-state index contributed by atoms with van der Waals surface area (Å²) in [6, 6.07) is 17.6. The standard InChI is InChI=1S/C34H46N3O7PS/c38-22-6-3-1-2-4-7-24-43-45(40,41)44-27-37(20-17-36(18-21-37)32-10-9-11-33-30(32)16-25-46-33)19-5-8-23-42-29-14-12-28-13-15-34(39)35-31(28)26-29/h9-16,25-26,38H,1-8,17-24,27H2,(H-,35,39,40,41)/p+1. The molecule has 1 fully saturated rings. The molecule has 4 aromatic rings. The molecule has 0 spiro atoms. The average molecular weight is 673 g/mol. The highest BCUT2D eigenvalue weighted by atomic mass is 32.1. The molecule has 250 valence electrons. The van der Waals surface area contributed by atoms with Crippen molar-refractivity contribution < 1.29 is 32.8 Å². The van der Waals surface area contributed by atoms with Gasteiger partial charge in [-0.15, -0.1) is 11.3 Å². The van der Waals surface area contributed by atoms with Crippen molar-refractivity contribution in [3.05, 3.63) is 70.3 Å². The second-order valence-electron chi connectivity index (χ2n) is 12.1. The minimum absolute atomic E-state index is 0.115. The molecule has 1 atom stereocenters. The van der Waals surface area contributed by atoms with Crippen LogP contribution in [0.4, 0.5) is 5.69 Å². The Hall–Kier alpha value is -2.76. The molecule has 0 saturated carbocycles. The van der Waals surface area contributed by atoms with Crippen LogP contribution in [0.15, 0.2) is 64.8 Å². The molecule has 0 radical (unpaired) electrons. The van der Waals surface area contributed by atoms with Crippen molar-refractivity contribution in [2.24, 2.45) is 0 Å². The Labute approximate surface area is 274 Å². The van der Waals surface area contributed by atoms with E-state index in [0.29, 0.717) is 23.3 Å². The van der Waals surface area contributed by atoms with E-state index in [1.54, 1.807) is 17.4 Å². The molecule has 46 heavy (non-hydrogen) atoms. The van der Waals surface area contributed by atoms with E-state index in [1.165, 1.54) is 21.8 Å². The van der Waals surface area contributed by atoms with Gasteiger partial charge in [0.15, 0.2) is 6.73 Å². The van der Waals surface area contributed by atoms with Crippen LogP contribution in [0.25, 0.3) is 21.0 Å². The SMILES string of the molecule is O=c1ccc2ccc(OCCCC[N+]3(COP(=O)(O)OCCCCCCCCO)CCN(c4cccc5sccc45)CC3)cc2[nH]1. The van der Waals surface area contributed by atoms with E-state index in [-0.39, 0.29) is 25.5 Å². The number of benzene rings is 2. The van der Waals surface area contributed by atoms with Crippen LogP contribution in [0.5, 0.6) is 5.75 Å². The fourth-order valence-electron chi connectivity index (χ4n) is 6.09. The summed E-state index contributed by atoms with van der Waals surface area (Å²) in [5.74, 6) is 0.710. The largest absolute Gasteiger partial charge is 0.494 e. The Morgan fingerprint density at radius 3 is 2.48 bits per heavy atom. The number of aliphatic hydroxyl groups excluding tert-OH is 1. The van der Waals surface area contributed by atoms with Crippen LogP contribution in [-0.2, 0) is 13.6 Å². The molecule has 3 heterocycles. The third-order valence-corrected chi connectivity index (χ3v) is 10.6. The van der Waals surface area contributed by atoms with Gasteiger partial charge in [-0.3, -0.25) is 13.8 Å². The van der Waals surface area contributed by atoms with Crippen molar-refractivity contribution in [2.75, 3.05) is 64.2 Å². The van der Waals surface area contributed by atoms with Gasteiger partial charge >= 0.3 is 7.82 Å². The topological polar surface area (TPSA) is 121 Å². The number of hydrogen-bond donors (Lipinski definition) is 3. The highest BCUT2D eigenvalue weighted by Gasteiger charge is 2.36. The van der Waals surface area contributed by atoms with Gasteiger partial charge in [-0.05, 0) is 72.8 Å². The van der Waals surface area contributed by atoms with Gasteiger partial charge in [-0.25, -0.2) is 9.09 Å². The lowest BCUT2D eigenvalue weighted by atomic mass is 10.1. The van der Waals surface area contributed by atoms with Crippen molar-refractivity contribution in [1.29, 1.82) is 0 Å². The lowest BCUT2D eigenvalue weighted by molar-refractivity contribution is -0.943. The Bertz CT molecular complexity index is 1640. The molecule has 0 amide bonds. The number of thiophene rings is 1. The number of aromatic nitrogens is 1. The van der Waals surface area contributed by atoms with Gasteiger partial charge in [0.05, 0.1) is 51.5 Å². The van der Waals surface area contributed by atoms with Gasteiger partial charge in [0.2, 0.25) is 5.56 Å². The number of piperazine rings is 1. The number of unbranched alkanes of at least 4 members (excludes halogenated alkanes) is 6. The number of phosphoric ester groups is 1. The van der Waals surface area contributed by atoms with Crippen LogP contribution in [0.2, 0.25) is 0 Å². The first-order valence-electron chi connectivity index (χ1n) is 16.4. The van der Waals surface area contributed by atoms with Crippen molar-refractivity contribution >= 4 is 45.8 Å². The summed E-state index contributed by atoms with van der Waals surface area (Å²) in [4.78, 5) is 27.5. The summed E-state index contributed by atoms with van der Waals surface area (Å²) in [6.07, 6.45) is 7.16. The van der Waals surface area contributed by atoms with E-state index in [2.05, 4.69) is 39.5 Å². The quantitative estimate of drug-likeness (QED) is 0.0575. The zero-order valence-electron chi connectivity index (χ0n) is 26.5. The van der Waals surface area contributed by atoms with Gasteiger partial charge in [-0.2, -0.15) is 0 Å². The number of fused-ring (bicyclic) bond motifs is 2. The minimum Gasteiger partial charge on any atom is -0.494 e. The normalized spacial score (nSPS) is 16.2. The van der Waals surface area contributed by atoms with E-state index in [9.17, 15) is 14.3 Å². The van der Waals surface area contributed by atoms with Crippen LogP contribution in [-0.4, -0.2) is 78.7 Å². The first-order valence-corrected chi connectivity index (χ1v) is 18.8. The summed E-state index contributed by atoms with van der Waals surface area (Å²) in [5.41, 5.74) is 1.84. The number of aliphatic hydroxyl groups is 1. The maximum absolute atomic E-state index is 12.8. The summed E-state index contributed by atoms with van der Waals surface area (Å²) in [5, 5.41) is 13.2. The van der Waals surface area contributed by atoms with Crippen LogP contribution in [0, 0.1) is 0 Å². The number of phosphoric acid groups is 1. The summed E-state index contributed by atoms with van der Waals surface area (Å²) in [7, 11) is -4.19. The van der Waals surface area contributed by atoms with E-state index in [0.717, 1.165) is 88.6 Å². The molecule has 3 N–H and O–H groups in total. The van der Waals surface area contributed by atoms with E-state index in [1.807, 2.05) is 18.2 Å². The number of anilines is 1. The zero-order valence-corrected chi connectivity index (χ0v) is 28.2. The average Bonchev–Trinajstić information content (AvgIpc) is 3.55. The van der Waals surface area contributed by atoms with Crippen LogP contribution in [0.3, 0.4) is 0 Å². The van der Waals surface area contributed by atoms with Crippen molar-refractivity contribution in [1.82, 2.24) is 4.98 Å². The van der Waals surface area contributed by atoms with Crippen molar-refractivity contribution in [3.8, 4) is 5.75 Å². The number of nitrogens with one attached hydrogen (secondary N) is 1. The summed E-state index contributed by atoms with van der Waals surface area (Å²) in [6.45, 7) is 5.04. The number of ether oxygens (including phenoxy) is 1. The van der Waals surface area contributed by atoms with Crippen molar-refractivity contribution in [3.63, 3.8) is 0 Å². The third kappa shape index (κ3) is 9.87. The maximum atomic E-state index is 12.8. The number of aromatic amines is 1. The molecule has 2 aromatic heterocycles. The van der Waals surface area contributed by atoms with Gasteiger partial charge in [0.1, 0.15) is 5.75 Å². The minimum atomic E-state index is -4.19. The number of pyridine rings is 1. The van der Waals surface area contributed by atoms with Gasteiger partial charge in [-0.1, -0.05) is 31.7 Å². The fourth-order valence-corrected chi connectivity index (χ4v) is 7.73.